The number of alkyl halides is 16. The van der Waals surface area contributed by atoms with E-state index in [1.54, 1.807) is 0 Å². The second kappa shape index (κ2) is 49.3. The minimum absolute atomic E-state index is 0.104. The highest BCUT2D eigenvalue weighted by atomic mass is 19.4. The van der Waals surface area contributed by atoms with Crippen molar-refractivity contribution in [2.45, 2.75) is 405 Å². The summed E-state index contributed by atoms with van der Waals surface area (Å²) in [5, 5.41) is 0. The molecule has 16 heteroatoms. The SMILES string of the molecule is CC.CC(C)(C(F)(F)F)C(F)(F)F.CC(C)(C)C.CC(F)(F)C(C)(F)F.CC(F)(F)C(F)(F)C(C)(F)F.CCC(C)(C)C.CCC1(C)CCCC1.CCC1CCC(C)(C)CC1.Cc1c(C(C)C)cc(C(C)C)cc1C(C)C.Cc1c(C(C)C)cccc1C(C)C.Cc1cc(C)c(C)c(C)c1.Cc1ccccc1. The van der Waals surface area contributed by atoms with Crippen LogP contribution in [-0.2, 0) is 0 Å². The Bertz CT molecular complexity index is 2760. The van der Waals surface area contributed by atoms with Crippen molar-refractivity contribution in [3.8, 4) is 0 Å². The molecule has 0 nitrogen and oxygen atoms in total. The predicted molar refractivity (Wildman–Crippen MR) is 432 cm³/mol. The van der Waals surface area contributed by atoms with Gasteiger partial charge < -0.3 is 0 Å². The fourth-order valence-electron chi connectivity index (χ4n) is 10.0. The van der Waals surface area contributed by atoms with Gasteiger partial charge in [0.2, 0.25) is 0 Å². The smallest absolute Gasteiger partial charge is 0.200 e. The fourth-order valence-corrected chi connectivity index (χ4v) is 10.0. The van der Waals surface area contributed by atoms with Crippen LogP contribution in [0.4, 0.5) is 70.2 Å². The summed E-state index contributed by atoms with van der Waals surface area (Å²) in [6.45, 7) is 71.6. The van der Waals surface area contributed by atoms with E-state index >= 15 is 0 Å². The van der Waals surface area contributed by atoms with E-state index in [0.29, 0.717) is 45.8 Å². The van der Waals surface area contributed by atoms with E-state index in [-0.39, 0.29) is 41.5 Å². The lowest BCUT2D eigenvalue weighted by atomic mass is 9.72. The summed E-state index contributed by atoms with van der Waals surface area (Å²) < 4.78 is 187. The van der Waals surface area contributed by atoms with Crippen LogP contribution in [0, 0.1) is 81.5 Å². The van der Waals surface area contributed by atoms with Crippen LogP contribution in [0.5, 0.6) is 0 Å². The summed E-state index contributed by atoms with van der Waals surface area (Å²) in [7, 11) is 0. The minimum atomic E-state index is -5.29. The first-order valence-corrected chi connectivity index (χ1v) is 38.9. The molecule has 4 aromatic carbocycles. The van der Waals surface area contributed by atoms with Crippen LogP contribution in [0.25, 0.3) is 0 Å². The normalized spacial score (nSPS) is 14.6. The first kappa shape index (κ1) is 114. The van der Waals surface area contributed by atoms with Gasteiger partial charge in [-0.1, -0.05) is 289 Å². The average molecular weight is 1550 g/mol. The molecular formula is C91H154F16. The maximum absolute atomic E-state index is 11.9. The van der Waals surface area contributed by atoms with Gasteiger partial charge in [0, 0.05) is 27.7 Å². The van der Waals surface area contributed by atoms with Crippen LogP contribution in [0.15, 0.2) is 72.8 Å². The Morgan fingerprint density at radius 1 is 0.383 bits per heavy atom. The molecule has 0 atom stereocenters. The second-order valence-corrected chi connectivity index (χ2v) is 35.4. The molecule has 4 aromatic rings. The van der Waals surface area contributed by atoms with Gasteiger partial charge in [0.25, 0.3) is 0 Å². The van der Waals surface area contributed by atoms with Crippen molar-refractivity contribution in [1.82, 2.24) is 0 Å². The van der Waals surface area contributed by atoms with Crippen LogP contribution in [0.2, 0.25) is 0 Å². The summed E-state index contributed by atoms with van der Waals surface area (Å²) in [6.07, 6.45) is 5.32. The van der Waals surface area contributed by atoms with Crippen LogP contribution in [0.3, 0.4) is 0 Å². The molecule has 2 saturated carbocycles. The Morgan fingerprint density at radius 3 is 0.869 bits per heavy atom. The molecule has 0 radical (unpaired) electrons. The number of rotatable bonds is 10. The van der Waals surface area contributed by atoms with Crippen molar-refractivity contribution in [2.24, 2.45) is 33.0 Å². The molecule has 0 N–H and O–H groups in total. The molecule has 0 aliphatic heterocycles. The fraction of sp³-hybridized carbons (Fsp3) is 0.736. The van der Waals surface area contributed by atoms with Crippen molar-refractivity contribution in [2.75, 3.05) is 0 Å². The van der Waals surface area contributed by atoms with Gasteiger partial charge in [-0.2, -0.15) is 52.7 Å². The largest absolute Gasteiger partial charge is 0.402 e. The first-order valence-electron chi connectivity index (χ1n) is 38.9. The zero-order valence-electron chi connectivity index (χ0n) is 74.2. The Kier molecular flexibility index (Phi) is 52.4. The number of hydrogen-bond donors (Lipinski definition) is 0. The Hall–Kier alpha value is -4.24. The van der Waals surface area contributed by atoms with Gasteiger partial charge >= 0.3 is 42.0 Å². The highest BCUT2D eigenvalue weighted by Gasteiger charge is 2.67. The maximum atomic E-state index is 11.9. The lowest BCUT2D eigenvalue weighted by Gasteiger charge is -2.33. The maximum Gasteiger partial charge on any atom is 0.402 e. The van der Waals surface area contributed by atoms with Gasteiger partial charge in [0.15, 0.2) is 5.41 Å². The highest BCUT2D eigenvalue weighted by molar-refractivity contribution is 5.43. The van der Waals surface area contributed by atoms with Gasteiger partial charge in [0.1, 0.15) is 0 Å². The zero-order chi connectivity index (χ0) is 86.7. The Labute approximate surface area is 645 Å². The van der Waals surface area contributed by atoms with Crippen molar-refractivity contribution in [3.05, 3.63) is 140 Å². The molecular weight excluding hydrogens is 1400 g/mol. The standard InChI is InChI=1S/C16H26.C13H20.C10H14.C10H20.C8H16.C7H8.C6H14.2C5H6F6.C5H12.C4H6F4.C2H6/c1-10(2)14-8-15(11(3)4)13(7)16(9-14)12(5)6;1-9(2)12-7-6-8-13(10(3)4)11(12)5;1-7-5-8(2)10(4)9(3)6-7;1-4-9-5-7-10(2,3)8-6-9;1-3-8(2)6-4-5-7-8;1-7-5-3-2-4-6-7;1-5-6(2,3)4;1-3(6,7)5(10,11)4(2,8)9;1-3(2,4(6,7)8)5(9,10)11;1-5(2,3)4;1-3(5,6)4(2,7)8;1-2/h8-12H,1-7H3;6-10H,1-5H3;5-6H,1-4H3;9H,4-8H2,1-3H3;3-7H2,1-2H3;2-6H,1H3;5H2,1-4H3;2*1-2H3;1-4H3;1-2H3;1-2H3. The molecule has 2 fully saturated rings. The molecule has 630 valence electrons. The molecule has 0 spiro atoms. The van der Waals surface area contributed by atoms with Crippen LogP contribution < -0.4 is 0 Å². The van der Waals surface area contributed by atoms with Crippen LogP contribution in [-0.4, -0.2) is 42.0 Å². The van der Waals surface area contributed by atoms with E-state index in [1.165, 1.54) is 137 Å². The van der Waals surface area contributed by atoms with E-state index in [1.807, 2.05) is 32.0 Å². The molecule has 0 heterocycles. The third kappa shape index (κ3) is 49.0. The number of halogens is 16. The monoisotopic (exact) mass is 1550 g/mol. The molecule has 6 rings (SSSR count). The second-order valence-electron chi connectivity index (χ2n) is 35.4. The van der Waals surface area contributed by atoms with Crippen molar-refractivity contribution in [3.63, 3.8) is 0 Å². The quantitative estimate of drug-likeness (QED) is 0.139. The third-order valence-corrected chi connectivity index (χ3v) is 19.1. The first-order chi connectivity index (χ1) is 47.6. The van der Waals surface area contributed by atoms with E-state index in [9.17, 15) is 70.2 Å². The zero-order valence-corrected chi connectivity index (χ0v) is 74.2. The van der Waals surface area contributed by atoms with Crippen LogP contribution in [0.1, 0.15) is 382 Å². The highest BCUT2D eigenvalue weighted by Crippen LogP contribution is 2.50. The van der Waals surface area contributed by atoms with Crippen LogP contribution >= 0.6 is 0 Å². The molecule has 2 aliphatic rings. The predicted octanol–water partition coefficient (Wildman–Crippen LogP) is 35.0. The summed E-state index contributed by atoms with van der Waals surface area (Å²) in [5.74, 6) is -18.3. The van der Waals surface area contributed by atoms with Gasteiger partial charge in [-0.25, -0.2) is 17.6 Å². The molecule has 2 aliphatic carbocycles. The molecule has 0 aromatic heterocycles. The van der Waals surface area contributed by atoms with Crippen molar-refractivity contribution >= 4 is 0 Å². The van der Waals surface area contributed by atoms with Gasteiger partial charge in [0.05, 0.1) is 0 Å². The Balaban J connectivity index is -0.000000265. The van der Waals surface area contributed by atoms with Crippen molar-refractivity contribution < 1.29 is 70.2 Å². The average Bonchev–Trinajstić information content (AvgIpc) is 1.03. The number of benzene rings is 4. The lowest BCUT2D eigenvalue weighted by molar-refractivity contribution is -0.327. The molecule has 107 heavy (non-hydrogen) atoms. The topological polar surface area (TPSA) is 0 Å². The van der Waals surface area contributed by atoms with Gasteiger partial charge in [-0.15, -0.1) is 0 Å². The van der Waals surface area contributed by atoms with Gasteiger partial charge in [-0.3, -0.25) is 0 Å². The summed E-state index contributed by atoms with van der Waals surface area (Å²) in [6, 6.07) is 26.2. The summed E-state index contributed by atoms with van der Waals surface area (Å²) >= 11 is 0. The molecule has 0 unspecified atom stereocenters. The third-order valence-electron chi connectivity index (χ3n) is 19.1. The summed E-state index contributed by atoms with van der Waals surface area (Å²) in [5.41, 5.74) is 16.2. The van der Waals surface area contributed by atoms with E-state index in [0.717, 1.165) is 11.3 Å². The number of hydrogen-bond acceptors (Lipinski definition) is 0. The Morgan fingerprint density at radius 2 is 0.682 bits per heavy atom. The number of aryl methyl sites for hydroxylation is 4. The minimum Gasteiger partial charge on any atom is -0.200 e. The van der Waals surface area contributed by atoms with Crippen molar-refractivity contribution in [1.29, 1.82) is 0 Å². The van der Waals surface area contributed by atoms with Gasteiger partial charge in [-0.05, 0) is 214 Å². The molecule has 0 bridgehead atoms. The lowest BCUT2D eigenvalue weighted by Crippen LogP contribution is -2.50. The molecule has 0 amide bonds. The van der Waals surface area contributed by atoms with E-state index in [2.05, 4.69) is 262 Å². The van der Waals surface area contributed by atoms with E-state index < -0.39 is 47.4 Å². The molecule has 0 saturated heterocycles. The summed E-state index contributed by atoms with van der Waals surface area (Å²) in [4.78, 5) is 0. The van der Waals surface area contributed by atoms with E-state index in [4.69, 9.17) is 0 Å².